The summed E-state index contributed by atoms with van der Waals surface area (Å²) in [5.74, 6) is 3.43. The first kappa shape index (κ1) is 9.40. The predicted octanol–water partition coefficient (Wildman–Crippen LogP) is 2.13. The van der Waals surface area contributed by atoms with Crippen molar-refractivity contribution in [2.45, 2.75) is 39.3 Å². The Labute approximate surface area is 74.3 Å². The van der Waals surface area contributed by atoms with E-state index in [0.29, 0.717) is 6.04 Å². The predicted molar refractivity (Wildman–Crippen MR) is 53.2 cm³/mol. The molecule has 1 fully saturated rings. The Morgan fingerprint density at radius 3 is 2.82 bits per heavy atom. The zero-order chi connectivity index (χ0) is 8.27. The minimum atomic E-state index is 0.716. The molecule has 66 valence electrons. The highest BCUT2D eigenvalue weighted by molar-refractivity contribution is 7.99. The van der Waals surface area contributed by atoms with Gasteiger partial charge >= 0.3 is 0 Å². The first-order valence-electron chi connectivity index (χ1n) is 4.57. The summed E-state index contributed by atoms with van der Waals surface area (Å²) in [4.78, 5) is 0. The Hall–Kier alpha value is 0.310. The van der Waals surface area contributed by atoms with Gasteiger partial charge in [-0.3, -0.25) is 0 Å². The molecule has 11 heavy (non-hydrogen) atoms. The van der Waals surface area contributed by atoms with E-state index in [1.165, 1.54) is 17.9 Å². The molecular weight excluding hydrogens is 154 g/mol. The zero-order valence-electron chi connectivity index (χ0n) is 7.76. The molecule has 1 aliphatic rings. The van der Waals surface area contributed by atoms with Gasteiger partial charge < -0.3 is 5.32 Å². The van der Waals surface area contributed by atoms with E-state index in [0.717, 1.165) is 12.0 Å². The average molecular weight is 173 g/mol. The molecule has 0 saturated carbocycles. The van der Waals surface area contributed by atoms with Crippen LogP contribution in [-0.4, -0.2) is 23.6 Å². The van der Waals surface area contributed by atoms with Gasteiger partial charge in [0.25, 0.3) is 0 Å². The number of nitrogens with one attached hydrogen (secondary N) is 1. The van der Waals surface area contributed by atoms with Crippen LogP contribution in [0.5, 0.6) is 0 Å². The van der Waals surface area contributed by atoms with Crippen molar-refractivity contribution in [1.82, 2.24) is 5.32 Å². The normalized spacial score (nSPS) is 35.2. The van der Waals surface area contributed by atoms with Crippen LogP contribution in [-0.2, 0) is 0 Å². The van der Waals surface area contributed by atoms with Crippen molar-refractivity contribution in [3.05, 3.63) is 0 Å². The molecule has 1 rings (SSSR count). The van der Waals surface area contributed by atoms with Gasteiger partial charge in [0.15, 0.2) is 0 Å². The smallest absolute Gasteiger partial charge is 0.0186 e. The maximum atomic E-state index is 3.65. The van der Waals surface area contributed by atoms with Crippen molar-refractivity contribution in [3.8, 4) is 0 Å². The maximum Gasteiger partial charge on any atom is 0.0186 e. The molecule has 3 atom stereocenters. The van der Waals surface area contributed by atoms with Crippen molar-refractivity contribution in [1.29, 1.82) is 0 Å². The third-order valence-corrected chi connectivity index (χ3v) is 3.83. The monoisotopic (exact) mass is 173 g/mol. The van der Waals surface area contributed by atoms with E-state index >= 15 is 0 Å². The summed E-state index contributed by atoms with van der Waals surface area (Å²) in [6, 6.07) is 1.47. The van der Waals surface area contributed by atoms with Crippen molar-refractivity contribution in [3.63, 3.8) is 0 Å². The SMILES string of the molecule is CCC(C)C1CSCC(C)N1. The number of hydrogen-bond donors (Lipinski definition) is 1. The van der Waals surface area contributed by atoms with Crippen LogP contribution in [0.25, 0.3) is 0 Å². The Morgan fingerprint density at radius 2 is 2.27 bits per heavy atom. The summed E-state index contributed by atoms with van der Waals surface area (Å²) in [5, 5.41) is 3.65. The van der Waals surface area contributed by atoms with E-state index in [1.54, 1.807) is 0 Å². The van der Waals surface area contributed by atoms with Crippen LogP contribution < -0.4 is 5.32 Å². The lowest BCUT2D eigenvalue weighted by Crippen LogP contribution is -2.47. The van der Waals surface area contributed by atoms with Crippen LogP contribution in [0.15, 0.2) is 0 Å². The van der Waals surface area contributed by atoms with E-state index in [9.17, 15) is 0 Å². The molecule has 1 aliphatic heterocycles. The quantitative estimate of drug-likeness (QED) is 0.686. The molecular formula is C9H19NS. The molecule has 0 radical (unpaired) electrons. The van der Waals surface area contributed by atoms with Gasteiger partial charge in [-0.15, -0.1) is 0 Å². The summed E-state index contributed by atoms with van der Waals surface area (Å²) in [5.41, 5.74) is 0. The topological polar surface area (TPSA) is 12.0 Å². The van der Waals surface area contributed by atoms with E-state index in [2.05, 4.69) is 37.8 Å². The minimum absolute atomic E-state index is 0.716. The average Bonchev–Trinajstić information content (AvgIpc) is 2.03. The molecule has 1 heterocycles. The number of thioether (sulfide) groups is 1. The molecule has 0 aliphatic carbocycles. The van der Waals surface area contributed by atoms with Crippen LogP contribution in [0.2, 0.25) is 0 Å². The highest BCUT2D eigenvalue weighted by atomic mass is 32.2. The van der Waals surface area contributed by atoms with Crippen LogP contribution in [0.4, 0.5) is 0 Å². The van der Waals surface area contributed by atoms with Gasteiger partial charge in [0.2, 0.25) is 0 Å². The Balaban J connectivity index is 2.33. The van der Waals surface area contributed by atoms with Gasteiger partial charge in [-0.2, -0.15) is 11.8 Å². The van der Waals surface area contributed by atoms with Crippen molar-refractivity contribution in [2.75, 3.05) is 11.5 Å². The van der Waals surface area contributed by atoms with Crippen LogP contribution in [0.3, 0.4) is 0 Å². The molecule has 1 nitrogen and oxygen atoms in total. The molecule has 0 aromatic rings. The lowest BCUT2D eigenvalue weighted by molar-refractivity contribution is 0.365. The number of rotatable bonds is 2. The van der Waals surface area contributed by atoms with Gasteiger partial charge in [0.1, 0.15) is 0 Å². The molecule has 1 saturated heterocycles. The molecule has 0 spiro atoms. The lowest BCUT2D eigenvalue weighted by atomic mass is 10.00. The van der Waals surface area contributed by atoms with Gasteiger partial charge in [0, 0.05) is 23.6 Å². The summed E-state index contributed by atoms with van der Waals surface area (Å²) in [6.45, 7) is 6.90. The van der Waals surface area contributed by atoms with Gasteiger partial charge in [0.05, 0.1) is 0 Å². The highest BCUT2D eigenvalue weighted by Crippen LogP contribution is 2.19. The van der Waals surface area contributed by atoms with Gasteiger partial charge in [-0.05, 0) is 12.8 Å². The second kappa shape index (κ2) is 4.36. The maximum absolute atomic E-state index is 3.65. The Bertz CT molecular complexity index is 116. The summed E-state index contributed by atoms with van der Waals surface area (Å²) < 4.78 is 0. The first-order chi connectivity index (χ1) is 5.24. The van der Waals surface area contributed by atoms with E-state index in [-0.39, 0.29) is 0 Å². The van der Waals surface area contributed by atoms with E-state index < -0.39 is 0 Å². The standard InChI is InChI=1S/C9H19NS/c1-4-7(2)9-6-11-5-8(3)10-9/h7-10H,4-6H2,1-3H3. The summed E-state index contributed by atoms with van der Waals surface area (Å²) in [6.07, 6.45) is 1.30. The molecule has 3 unspecified atom stereocenters. The highest BCUT2D eigenvalue weighted by Gasteiger charge is 2.21. The van der Waals surface area contributed by atoms with Crippen molar-refractivity contribution in [2.24, 2.45) is 5.92 Å². The van der Waals surface area contributed by atoms with Gasteiger partial charge in [-0.1, -0.05) is 20.3 Å². The molecule has 2 heteroatoms. The zero-order valence-corrected chi connectivity index (χ0v) is 8.58. The third kappa shape index (κ3) is 2.68. The molecule has 1 N–H and O–H groups in total. The second-order valence-electron chi connectivity index (χ2n) is 3.60. The van der Waals surface area contributed by atoms with Crippen molar-refractivity contribution >= 4 is 11.8 Å². The van der Waals surface area contributed by atoms with Crippen LogP contribution in [0, 0.1) is 5.92 Å². The fourth-order valence-electron chi connectivity index (χ4n) is 1.45. The van der Waals surface area contributed by atoms with Crippen LogP contribution >= 0.6 is 11.8 Å². The lowest BCUT2D eigenvalue weighted by Gasteiger charge is -2.32. The molecule has 0 aromatic carbocycles. The molecule has 0 amide bonds. The molecule has 0 aromatic heterocycles. The van der Waals surface area contributed by atoms with E-state index in [1.807, 2.05) is 0 Å². The van der Waals surface area contributed by atoms with E-state index in [4.69, 9.17) is 0 Å². The summed E-state index contributed by atoms with van der Waals surface area (Å²) >= 11 is 2.09. The second-order valence-corrected chi connectivity index (χ2v) is 4.67. The third-order valence-electron chi connectivity index (χ3n) is 2.49. The fraction of sp³-hybridized carbons (Fsp3) is 1.00. The summed E-state index contributed by atoms with van der Waals surface area (Å²) in [7, 11) is 0. The largest absolute Gasteiger partial charge is 0.310 e. The first-order valence-corrected chi connectivity index (χ1v) is 5.73. The Kier molecular flexibility index (Phi) is 3.73. The Morgan fingerprint density at radius 1 is 1.55 bits per heavy atom. The fourth-order valence-corrected chi connectivity index (χ4v) is 2.71. The van der Waals surface area contributed by atoms with Crippen LogP contribution in [0.1, 0.15) is 27.2 Å². The van der Waals surface area contributed by atoms with Gasteiger partial charge in [-0.25, -0.2) is 0 Å². The molecule has 0 bridgehead atoms. The number of hydrogen-bond acceptors (Lipinski definition) is 2. The minimum Gasteiger partial charge on any atom is -0.310 e. The van der Waals surface area contributed by atoms with Crippen molar-refractivity contribution < 1.29 is 0 Å².